The van der Waals surface area contributed by atoms with Gasteiger partial charge in [0.2, 0.25) is 5.91 Å². The number of carboxylic acid groups (broad SMARTS) is 1. The molecule has 4 nitrogen and oxygen atoms in total. The zero-order valence-corrected chi connectivity index (χ0v) is 11.4. The minimum Gasteiger partial charge on any atom is -0.480 e. The lowest BCUT2D eigenvalue weighted by Crippen LogP contribution is -2.53. The summed E-state index contributed by atoms with van der Waals surface area (Å²) in [6.07, 6.45) is 2.35. The summed E-state index contributed by atoms with van der Waals surface area (Å²) in [6.45, 7) is -1.16. The topological polar surface area (TPSA) is 66.4 Å². The third-order valence-electron chi connectivity index (χ3n) is 3.98. The number of hydrogen-bond donors (Lipinski definition) is 2. The molecule has 1 fully saturated rings. The maximum Gasteiger partial charge on any atom is 0.328 e. The number of hydrogen-bond acceptors (Lipinski definition) is 2. The zero-order valence-electron chi connectivity index (χ0n) is 11.4. The maximum atomic E-state index is 13.2. The Morgan fingerprint density at radius 3 is 2.57 bits per heavy atom. The van der Waals surface area contributed by atoms with Crippen LogP contribution in [0, 0.1) is 11.2 Å². The van der Waals surface area contributed by atoms with Crippen molar-refractivity contribution in [3.8, 4) is 0 Å². The number of aliphatic carboxylic acids is 1. The van der Waals surface area contributed by atoms with Gasteiger partial charge in [-0.1, -0.05) is 18.6 Å². The molecule has 1 saturated carbocycles. The van der Waals surface area contributed by atoms with E-state index in [1.54, 1.807) is 12.1 Å². The molecule has 0 heterocycles. The van der Waals surface area contributed by atoms with Crippen molar-refractivity contribution in [2.24, 2.45) is 5.41 Å². The molecule has 1 aromatic carbocycles. The van der Waals surface area contributed by atoms with Crippen LogP contribution in [-0.4, -0.2) is 29.7 Å². The minimum atomic E-state index is -1.53. The number of nitrogens with one attached hydrogen (secondary N) is 1. The molecule has 1 unspecified atom stereocenters. The van der Waals surface area contributed by atoms with E-state index in [-0.39, 0.29) is 5.82 Å². The van der Waals surface area contributed by atoms with Gasteiger partial charge in [-0.15, -0.1) is 0 Å². The summed E-state index contributed by atoms with van der Waals surface area (Å²) >= 11 is 0. The summed E-state index contributed by atoms with van der Waals surface area (Å²) < 4.78 is 25.8. The van der Waals surface area contributed by atoms with Crippen LogP contribution < -0.4 is 5.32 Å². The van der Waals surface area contributed by atoms with Crippen LogP contribution in [0.3, 0.4) is 0 Å². The monoisotopic (exact) mass is 297 g/mol. The third kappa shape index (κ3) is 3.37. The van der Waals surface area contributed by atoms with Gasteiger partial charge in [-0.3, -0.25) is 4.79 Å². The maximum absolute atomic E-state index is 13.2. The molecule has 114 valence electrons. The van der Waals surface area contributed by atoms with Gasteiger partial charge < -0.3 is 10.4 Å². The van der Waals surface area contributed by atoms with Crippen LogP contribution in [0.2, 0.25) is 0 Å². The highest BCUT2D eigenvalue weighted by molar-refractivity contribution is 5.88. The fourth-order valence-corrected chi connectivity index (χ4v) is 2.60. The van der Waals surface area contributed by atoms with Crippen molar-refractivity contribution in [3.63, 3.8) is 0 Å². The Bertz CT molecular complexity index is 543. The second-order valence-corrected chi connectivity index (χ2v) is 5.46. The summed E-state index contributed by atoms with van der Waals surface area (Å²) in [5, 5.41) is 11.0. The van der Waals surface area contributed by atoms with Gasteiger partial charge in [-0.25, -0.2) is 13.6 Å². The number of carboxylic acids is 1. The van der Waals surface area contributed by atoms with E-state index < -0.39 is 30.0 Å². The largest absolute Gasteiger partial charge is 0.480 e. The van der Waals surface area contributed by atoms with Crippen molar-refractivity contribution in [1.82, 2.24) is 5.32 Å². The predicted octanol–water partition coefficient (Wildman–Crippen LogP) is 2.08. The van der Waals surface area contributed by atoms with Gasteiger partial charge >= 0.3 is 5.97 Å². The zero-order chi connectivity index (χ0) is 15.5. The van der Waals surface area contributed by atoms with Crippen LogP contribution in [0.15, 0.2) is 24.3 Å². The molecule has 0 aromatic heterocycles. The molecule has 0 bridgehead atoms. The molecular formula is C15H17F2NO3. The summed E-state index contributed by atoms with van der Waals surface area (Å²) in [5.41, 5.74) is -0.0756. The Morgan fingerprint density at radius 2 is 2.10 bits per heavy atom. The Morgan fingerprint density at radius 1 is 1.38 bits per heavy atom. The number of rotatable bonds is 6. The van der Waals surface area contributed by atoms with Gasteiger partial charge in [0.1, 0.15) is 12.5 Å². The molecule has 1 atom stereocenters. The van der Waals surface area contributed by atoms with Crippen molar-refractivity contribution in [2.75, 3.05) is 6.67 Å². The van der Waals surface area contributed by atoms with E-state index in [9.17, 15) is 18.4 Å². The molecule has 21 heavy (non-hydrogen) atoms. The molecule has 0 spiro atoms. The van der Waals surface area contributed by atoms with Crippen molar-refractivity contribution in [2.45, 2.75) is 31.7 Å². The van der Waals surface area contributed by atoms with E-state index in [0.717, 1.165) is 6.42 Å². The van der Waals surface area contributed by atoms with Crippen LogP contribution >= 0.6 is 0 Å². The van der Waals surface area contributed by atoms with Crippen LogP contribution in [-0.2, 0) is 16.0 Å². The van der Waals surface area contributed by atoms with E-state index in [2.05, 4.69) is 5.32 Å². The highest BCUT2D eigenvalue weighted by Crippen LogP contribution is 2.44. The molecule has 2 N–H and O–H groups in total. The SMILES string of the molecule is O=C(O)C(CF)NC(=O)C1(Cc2cccc(F)c2)CCC1. The van der Waals surface area contributed by atoms with E-state index in [0.29, 0.717) is 24.8 Å². The fourth-order valence-electron chi connectivity index (χ4n) is 2.60. The average molecular weight is 297 g/mol. The van der Waals surface area contributed by atoms with Crippen LogP contribution in [0.5, 0.6) is 0 Å². The first-order valence-corrected chi connectivity index (χ1v) is 6.81. The van der Waals surface area contributed by atoms with E-state index in [4.69, 9.17) is 5.11 Å². The minimum absolute atomic E-state index is 0.329. The number of halogens is 2. The second kappa shape index (κ2) is 6.20. The third-order valence-corrected chi connectivity index (χ3v) is 3.98. The number of alkyl halides is 1. The molecule has 0 radical (unpaired) electrons. The van der Waals surface area contributed by atoms with Crippen molar-refractivity contribution in [3.05, 3.63) is 35.6 Å². The Balaban J connectivity index is 2.10. The number of amides is 1. The first kappa shape index (κ1) is 15.4. The molecule has 1 aliphatic carbocycles. The Labute approximate surface area is 121 Å². The highest BCUT2D eigenvalue weighted by atomic mass is 19.1. The lowest BCUT2D eigenvalue weighted by Gasteiger charge is -2.41. The number of carbonyl (C=O) groups excluding carboxylic acids is 1. The van der Waals surface area contributed by atoms with E-state index in [1.807, 2.05) is 0 Å². The highest BCUT2D eigenvalue weighted by Gasteiger charge is 2.45. The normalized spacial score (nSPS) is 17.6. The van der Waals surface area contributed by atoms with Gasteiger partial charge in [0.15, 0.2) is 6.04 Å². The summed E-state index contributed by atoms with van der Waals surface area (Å²) in [4.78, 5) is 23.1. The molecule has 0 aliphatic heterocycles. The first-order chi connectivity index (χ1) is 9.97. The summed E-state index contributed by atoms with van der Waals surface area (Å²) in [5.74, 6) is -2.25. The molecule has 1 amide bonds. The fraction of sp³-hybridized carbons (Fsp3) is 0.467. The summed E-state index contributed by atoms with van der Waals surface area (Å²) in [7, 11) is 0. The molecule has 1 aromatic rings. The molecule has 0 saturated heterocycles. The van der Waals surface area contributed by atoms with Gasteiger partial charge in [0.05, 0.1) is 5.41 Å². The smallest absolute Gasteiger partial charge is 0.328 e. The van der Waals surface area contributed by atoms with Gasteiger partial charge in [0.25, 0.3) is 0 Å². The van der Waals surface area contributed by atoms with Crippen molar-refractivity contribution >= 4 is 11.9 Å². The first-order valence-electron chi connectivity index (χ1n) is 6.81. The number of carbonyl (C=O) groups is 2. The molecule has 2 rings (SSSR count). The van der Waals surface area contributed by atoms with E-state index >= 15 is 0 Å². The number of benzene rings is 1. The van der Waals surface area contributed by atoms with Crippen molar-refractivity contribution in [1.29, 1.82) is 0 Å². The van der Waals surface area contributed by atoms with Crippen LogP contribution in [0.4, 0.5) is 8.78 Å². The summed E-state index contributed by atoms with van der Waals surface area (Å²) in [6, 6.07) is 4.44. The van der Waals surface area contributed by atoms with Crippen LogP contribution in [0.1, 0.15) is 24.8 Å². The second-order valence-electron chi connectivity index (χ2n) is 5.46. The van der Waals surface area contributed by atoms with Gasteiger partial charge in [0, 0.05) is 0 Å². The molecular weight excluding hydrogens is 280 g/mol. The quantitative estimate of drug-likeness (QED) is 0.845. The molecule has 1 aliphatic rings. The van der Waals surface area contributed by atoms with Gasteiger partial charge in [-0.05, 0) is 37.0 Å². The van der Waals surface area contributed by atoms with Gasteiger partial charge in [-0.2, -0.15) is 0 Å². The standard InChI is InChI=1S/C15H17F2NO3/c16-9-12(13(19)20)18-14(21)15(5-2-6-15)8-10-3-1-4-11(17)7-10/h1,3-4,7,12H,2,5-6,8-9H2,(H,18,21)(H,19,20). The lowest BCUT2D eigenvalue weighted by atomic mass is 9.64. The predicted molar refractivity (Wildman–Crippen MR) is 71.9 cm³/mol. The Kier molecular flexibility index (Phi) is 4.55. The Hall–Kier alpha value is -1.98. The average Bonchev–Trinajstić information content (AvgIpc) is 2.39. The van der Waals surface area contributed by atoms with Crippen molar-refractivity contribution < 1.29 is 23.5 Å². The van der Waals surface area contributed by atoms with Crippen LogP contribution in [0.25, 0.3) is 0 Å². The molecule has 6 heteroatoms. The lowest BCUT2D eigenvalue weighted by molar-refractivity contribution is -0.146. The van der Waals surface area contributed by atoms with E-state index in [1.165, 1.54) is 12.1 Å².